The predicted molar refractivity (Wildman–Crippen MR) is 81.6 cm³/mol. The molecule has 0 spiro atoms. The zero-order chi connectivity index (χ0) is 15.6. The third-order valence-corrected chi connectivity index (χ3v) is 4.41. The molecule has 1 fully saturated rings. The van der Waals surface area contributed by atoms with E-state index >= 15 is 0 Å². The SMILES string of the molecule is OC(COCc1ccco1)CN1CCn2c(nnc2C2CC2)C1. The molecule has 124 valence electrons. The number of aliphatic hydroxyl groups excluding tert-OH is 1. The van der Waals surface area contributed by atoms with E-state index in [1.54, 1.807) is 6.26 Å². The second kappa shape index (κ2) is 6.43. The first-order valence-corrected chi connectivity index (χ1v) is 8.22. The number of furan rings is 1. The fraction of sp³-hybridized carbons (Fsp3) is 0.625. The molecule has 2 aromatic heterocycles. The Labute approximate surface area is 134 Å². The van der Waals surface area contributed by atoms with Crippen LogP contribution in [-0.2, 0) is 24.4 Å². The van der Waals surface area contributed by atoms with E-state index in [1.165, 1.54) is 12.8 Å². The van der Waals surface area contributed by atoms with Gasteiger partial charge in [-0.15, -0.1) is 10.2 Å². The number of hydrogen-bond donors (Lipinski definition) is 1. The van der Waals surface area contributed by atoms with Crippen molar-refractivity contribution in [1.29, 1.82) is 0 Å². The lowest BCUT2D eigenvalue weighted by atomic mass is 10.2. The van der Waals surface area contributed by atoms with E-state index in [9.17, 15) is 5.11 Å². The van der Waals surface area contributed by atoms with Crippen LogP contribution in [0.3, 0.4) is 0 Å². The van der Waals surface area contributed by atoms with Crippen LogP contribution in [0.5, 0.6) is 0 Å². The minimum absolute atomic E-state index is 0.303. The van der Waals surface area contributed by atoms with Gasteiger partial charge in [-0.1, -0.05) is 0 Å². The molecule has 1 atom stereocenters. The standard InChI is InChI=1S/C16H22N4O3/c21-13(10-22-11-14-2-1-7-23-14)8-19-5-6-20-15(9-19)17-18-16(20)12-3-4-12/h1-2,7,12-13,21H,3-6,8-11H2. The monoisotopic (exact) mass is 318 g/mol. The van der Waals surface area contributed by atoms with Gasteiger partial charge in [0.1, 0.15) is 24.0 Å². The predicted octanol–water partition coefficient (Wildman–Crippen LogP) is 1.14. The number of aliphatic hydroxyl groups is 1. The topological polar surface area (TPSA) is 76.6 Å². The molecule has 0 radical (unpaired) electrons. The molecule has 2 aliphatic rings. The number of nitrogens with zero attached hydrogens (tertiary/aromatic N) is 4. The van der Waals surface area contributed by atoms with Gasteiger partial charge in [0.15, 0.2) is 0 Å². The lowest BCUT2D eigenvalue weighted by Gasteiger charge is -2.29. The van der Waals surface area contributed by atoms with Gasteiger partial charge < -0.3 is 18.8 Å². The molecule has 0 bridgehead atoms. The largest absolute Gasteiger partial charge is 0.467 e. The lowest BCUT2D eigenvalue weighted by Crippen LogP contribution is -2.40. The van der Waals surface area contributed by atoms with Gasteiger partial charge in [0.05, 0.1) is 25.5 Å². The van der Waals surface area contributed by atoms with Crippen LogP contribution < -0.4 is 0 Å². The van der Waals surface area contributed by atoms with Gasteiger partial charge in [0.25, 0.3) is 0 Å². The summed E-state index contributed by atoms with van der Waals surface area (Å²) in [6, 6.07) is 3.69. The maximum atomic E-state index is 10.1. The number of β-amino-alcohol motifs (C(OH)–C–C–N with tert-alkyl or cyclic N) is 1. The first kappa shape index (κ1) is 14.9. The van der Waals surface area contributed by atoms with Gasteiger partial charge in [-0.3, -0.25) is 4.90 Å². The van der Waals surface area contributed by atoms with Crippen LogP contribution in [0.2, 0.25) is 0 Å². The summed E-state index contributed by atoms with van der Waals surface area (Å²) in [6.07, 6.45) is 3.60. The van der Waals surface area contributed by atoms with Crippen LogP contribution in [-0.4, -0.2) is 50.6 Å². The van der Waals surface area contributed by atoms with E-state index in [-0.39, 0.29) is 0 Å². The number of ether oxygens (including phenoxy) is 1. The Morgan fingerprint density at radius 2 is 2.26 bits per heavy atom. The molecule has 2 aromatic rings. The molecule has 4 rings (SSSR count). The Hall–Kier alpha value is -1.70. The Balaban J connectivity index is 1.24. The minimum Gasteiger partial charge on any atom is -0.467 e. The number of aromatic nitrogens is 3. The minimum atomic E-state index is -0.512. The van der Waals surface area contributed by atoms with Crippen molar-refractivity contribution in [3.63, 3.8) is 0 Å². The Kier molecular flexibility index (Phi) is 4.15. The van der Waals surface area contributed by atoms with Crippen LogP contribution in [0.4, 0.5) is 0 Å². The highest BCUT2D eigenvalue weighted by Crippen LogP contribution is 2.39. The molecule has 1 aliphatic carbocycles. The average molecular weight is 318 g/mol. The van der Waals surface area contributed by atoms with Crippen molar-refractivity contribution in [2.45, 2.75) is 44.6 Å². The number of rotatable bonds is 7. The van der Waals surface area contributed by atoms with Crippen LogP contribution in [0.15, 0.2) is 22.8 Å². The molecular formula is C16H22N4O3. The van der Waals surface area contributed by atoms with Gasteiger partial charge in [0, 0.05) is 25.6 Å². The Morgan fingerprint density at radius 3 is 3.04 bits per heavy atom. The molecule has 23 heavy (non-hydrogen) atoms. The van der Waals surface area contributed by atoms with Crippen LogP contribution in [0.1, 0.15) is 36.2 Å². The van der Waals surface area contributed by atoms with Crippen molar-refractivity contribution < 1.29 is 14.3 Å². The molecular weight excluding hydrogens is 296 g/mol. The highest BCUT2D eigenvalue weighted by atomic mass is 16.5. The van der Waals surface area contributed by atoms with Crippen molar-refractivity contribution in [2.75, 3.05) is 19.7 Å². The van der Waals surface area contributed by atoms with Gasteiger partial charge in [-0.05, 0) is 25.0 Å². The smallest absolute Gasteiger partial charge is 0.147 e. The van der Waals surface area contributed by atoms with E-state index in [4.69, 9.17) is 9.15 Å². The first-order chi connectivity index (χ1) is 11.3. The normalized spacial score (nSPS) is 19.7. The summed E-state index contributed by atoms with van der Waals surface area (Å²) in [4.78, 5) is 2.21. The lowest BCUT2D eigenvalue weighted by molar-refractivity contribution is 0.000914. The van der Waals surface area contributed by atoms with Crippen molar-refractivity contribution in [3.05, 3.63) is 35.8 Å². The van der Waals surface area contributed by atoms with Gasteiger partial charge in [0.2, 0.25) is 0 Å². The zero-order valence-electron chi connectivity index (χ0n) is 13.1. The first-order valence-electron chi connectivity index (χ1n) is 8.22. The molecule has 0 saturated heterocycles. The van der Waals surface area contributed by atoms with Gasteiger partial charge in [-0.2, -0.15) is 0 Å². The maximum absolute atomic E-state index is 10.1. The zero-order valence-corrected chi connectivity index (χ0v) is 13.1. The highest BCUT2D eigenvalue weighted by Gasteiger charge is 2.32. The molecule has 7 heteroatoms. The quantitative estimate of drug-likeness (QED) is 0.825. The second-order valence-electron chi connectivity index (χ2n) is 6.38. The molecule has 7 nitrogen and oxygen atoms in total. The van der Waals surface area contributed by atoms with Crippen molar-refractivity contribution in [3.8, 4) is 0 Å². The van der Waals surface area contributed by atoms with Crippen LogP contribution >= 0.6 is 0 Å². The summed E-state index contributed by atoms with van der Waals surface area (Å²) in [5.74, 6) is 3.57. The maximum Gasteiger partial charge on any atom is 0.147 e. The highest BCUT2D eigenvalue weighted by molar-refractivity contribution is 5.09. The average Bonchev–Trinajstić information content (AvgIpc) is 3.09. The van der Waals surface area contributed by atoms with Crippen LogP contribution in [0.25, 0.3) is 0 Å². The van der Waals surface area contributed by atoms with E-state index in [1.807, 2.05) is 12.1 Å². The fourth-order valence-corrected chi connectivity index (χ4v) is 3.07. The third-order valence-electron chi connectivity index (χ3n) is 4.41. The fourth-order valence-electron chi connectivity index (χ4n) is 3.07. The number of hydrogen-bond acceptors (Lipinski definition) is 6. The molecule has 0 aromatic carbocycles. The molecule has 1 saturated carbocycles. The second-order valence-corrected chi connectivity index (χ2v) is 6.38. The van der Waals surface area contributed by atoms with Crippen LogP contribution in [0, 0.1) is 0 Å². The summed E-state index contributed by atoms with van der Waals surface area (Å²) in [7, 11) is 0. The third kappa shape index (κ3) is 3.46. The number of fused-ring (bicyclic) bond motifs is 1. The van der Waals surface area contributed by atoms with Gasteiger partial charge >= 0.3 is 0 Å². The van der Waals surface area contributed by atoms with E-state index in [0.29, 0.717) is 25.7 Å². The molecule has 0 amide bonds. The van der Waals surface area contributed by atoms with E-state index < -0.39 is 6.10 Å². The van der Waals surface area contributed by atoms with E-state index in [2.05, 4.69) is 19.7 Å². The van der Waals surface area contributed by atoms with Crippen molar-refractivity contribution in [2.24, 2.45) is 0 Å². The van der Waals surface area contributed by atoms with Crippen molar-refractivity contribution >= 4 is 0 Å². The summed E-state index contributed by atoms with van der Waals surface area (Å²) in [6.45, 7) is 3.85. The van der Waals surface area contributed by atoms with Crippen molar-refractivity contribution in [1.82, 2.24) is 19.7 Å². The summed E-state index contributed by atoms with van der Waals surface area (Å²) < 4.78 is 12.9. The molecule has 3 heterocycles. The van der Waals surface area contributed by atoms with E-state index in [0.717, 1.165) is 37.0 Å². The molecule has 1 unspecified atom stereocenters. The summed E-state index contributed by atoms with van der Waals surface area (Å²) >= 11 is 0. The Bertz CT molecular complexity index is 636. The Morgan fingerprint density at radius 1 is 1.35 bits per heavy atom. The molecule has 1 aliphatic heterocycles. The van der Waals surface area contributed by atoms with Gasteiger partial charge in [-0.25, -0.2) is 0 Å². The summed E-state index contributed by atoms with van der Waals surface area (Å²) in [5.41, 5.74) is 0. The molecule has 1 N–H and O–H groups in total. The summed E-state index contributed by atoms with van der Waals surface area (Å²) in [5, 5.41) is 18.8.